The monoisotopic (exact) mass is 328 g/mol. The van der Waals surface area contributed by atoms with E-state index in [1.165, 1.54) is 0 Å². The van der Waals surface area contributed by atoms with Gasteiger partial charge >= 0.3 is 5.97 Å². The lowest BCUT2D eigenvalue weighted by Crippen LogP contribution is -2.23. The Kier molecular flexibility index (Phi) is 4.38. The number of esters is 1. The van der Waals surface area contributed by atoms with Crippen LogP contribution in [0.3, 0.4) is 0 Å². The molecule has 24 heavy (non-hydrogen) atoms. The Balaban J connectivity index is 1.76. The zero-order valence-corrected chi connectivity index (χ0v) is 14.0. The molecular weight excluding hydrogens is 308 g/mol. The predicted octanol–water partition coefficient (Wildman–Crippen LogP) is 3.45. The highest BCUT2D eigenvalue weighted by molar-refractivity contribution is 5.95. The number of amides is 1. The van der Waals surface area contributed by atoms with Crippen molar-refractivity contribution in [2.45, 2.75) is 39.5 Å². The molecule has 0 unspecified atom stereocenters. The van der Waals surface area contributed by atoms with Gasteiger partial charge in [-0.05, 0) is 37.6 Å². The topological polar surface area (TPSA) is 72.6 Å². The minimum atomic E-state index is -0.484. The molecule has 126 valence electrons. The molecule has 1 aliphatic heterocycles. The molecule has 1 fully saturated rings. The van der Waals surface area contributed by atoms with Crippen molar-refractivity contribution in [2.75, 3.05) is 11.4 Å². The van der Waals surface area contributed by atoms with E-state index < -0.39 is 5.97 Å². The maximum absolute atomic E-state index is 12.4. The first-order chi connectivity index (χ1) is 11.5. The summed E-state index contributed by atoms with van der Waals surface area (Å²) in [7, 11) is 0. The number of benzene rings is 1. The Morgan fingerprint density at radius 1 is 1.29 bits per heavy atom. The van der Waals surface area contributed by atoms with E-state index in [9.17, 15) is 9.59 Å². The van der Waals surface area contributed by atoms with Crippen molar-refractivity contribution in [2.24, 2.45) is 0 Å². The lowest BCUT2D eigenvalue weighted by molar-refractivity contribution is -0.117. The lowest BCUT2D eigenvalue weighted by Gasteiger charge is -2.15. The second-order valence-corrected chi connectivity index (χ2v) is 6.19. The maximum Gasteiger partial charge on any atom is 0.349 e. The molecule has 0 radical (unpaired) electrons. The SMILES string of the molecule is Cc1noc(C(C)C)c1C(=O)Oc1ccc(N2CCCC2=O)cc1. The number of hydrogen-bond acceptors (Lipinski definition) is 5. The molecule has 1 aromatic heterocycles. The summed E-state index contributed by atoms with van der Waals surface area (Å²) in [4.78, 5) is 25.9. The highest BCUT2D eigenvalue weighted by atomic mass is 16.5. The Morgan fingerprint density at radius 3 is 2.58 bits per heavy atom. The van der Waals surface area contributed by atoms with E-state index >= 15 is 0 Å². The number of ether oxygens (including phenoxy) is 1. The molecule has 0 spiro atoms. The molecule has 1 amide bonds. The third kappa shape index (κ3) is 3.04. The largest absolute Gasteiger partial charge is 0.423 e. The molecule has 1 saturated heterocycles. The van der Waals surface area contributed by atoms with E-state index in [-0.39, 0.29) is 11.8 Å². The van der Waals surface area contributed by atoms with Crippen LogP contribution in [0.2, 0.25) is 0 Å². The molecule has 1 aliphatic rings. The van der Waals surface area contributed by atoms with Crippen molar-refractivity contribution in [3.05, 3.63) is 41.3 Å². The normalized spacial score (nSPS) is 14.5. The summed E-state index contributed by atoms with van der Waals surface area (Å²) in [5.74, 6) is 0.628. The van der Waals surface area contributed by atoms with Crippen LogP contribution in [-0.4, -0.2) is 23.6 Å². The summed E-state index contributed by atoms with van der Waals surface area (Å²) < 4.78 is 10.7. The van der Waals surface area contributed by atoms with E-state index in [4.69, 9.17) is 9.26 Å². The minimum absolute atomic E-state index is 0.0392. The van der Waals surface area contributed by atoms with Crippen LogP contribution in [0.5, 0.6) is 5.75 Å². The highest BCUT2D eigenvalue weighted by Crippen LogP contribution is 2.26. The summed E-state index contributed by atoms with van der Waals surface area (Å²) in [5, 5.41) is 3.86. The van der Waals surface area contributed by atoms with Crippen molar-refractivity contribution in [1.82, 2.24) is 5.16 Å². The van der Waals surface area contributed by atoms with Crippen LogP contribution in [0.15, 0.2) is 28.8 Å². The Morgan fingerprint density at radius 2 is 2.00 bits per heavy atom. The third-order valence-corrected chi connectivity index (χ3v) is 4.05. The number of nitrogens with zero attached hydrogens (tertiary/aromatic N) is 2. The van der Waals surface area contributed by atoms with E-state index in [2.05, 4.69) is 5.16 Å². The van der Waals surface area contributed by atoms with Gasteiger partial charge < -0.3 is 14.2 Å². The first-order valence-corrected chi connectivity index (χ1v) is 8.06. The summed E-state index contributed by atoms with van der Waals surface area (Å²) >= 11 is 0. The van der Waals surface area contributed by atoms with Gasteiger partial charge in [0.25, 0.3) is 0 Å². The highest BCUT2D eigenvalue weighted by Gasteiger charge is 2.25. The molecular formula is C18H20N2O4. The Bertz CT molecular complexity index is 762. The van der Waals surface area contributed by atoms with Crippen molar-refractivity contribution in [1.29, 1.82) is 0 Å². The fourth-order valence-corrected chi connectivity index (χ4v) is 2.80. The average Bonchev–Trinajstić information content (AvgIpc) is 3.14. The van der Waals surface area contributed by atoms with Gasteiger partial charge in [0.15, 0.2) is 5.76 Å². The Labute approximate surface area is 140 Å². The second-order valence-electron chi connectivity index (χ2n) is 6.19. The van der Waals surface area contributed by atoms with Crippen LogP contribution in [0.1, 0.15) is 54.4 Å². The number of hydrogen-bond donors (Lipinski definition) is 0. The van der Waals surface area contributed by atoms with Crippen molar-refractivity contribution >= 4 is 17.6 Å². The molecule has 2 heterocycles. The van der Waals surface area contributed by atoms with Gasteiger partial charge in [-0.15, -0.1) is 0 Å². The lowest BCUT2D eigenvalue weighted by atomic mass is 10.1. The molecule has 0 N–H and O–H groups in total. The fourth-order valence-electron chi connectivity index (χ4n) is 2.80. The standard InChI is InChI=1S/C18H20N2O4/c1-11(2)17-16(12(3)19-24-17)18(22)23-14-8-6-13(7-9-14)20-10-4-5-15(20)21/h6-9,11H,4-5,10H2,1-3H3. The maximum atomic E-state index is 12.4. The molecule has 0 atom stereocenters. The van der Waals surface area contributed by atoms with E-state index in [0.29, 0.717) is 29.2 Å². The molecule has 2 aromatic rings. The van der Waals surface area contributed by atoms with Gasteiger partial charge in [-0.25, -0.2) is 4.79 Å². The van der Waals surface area contributed by atoms with Gasteiger partial charge in [0.1, 0.15) is 11.3 Å². The predicted molar refractivity (Wildman–Crippen MR) is 88.3 cm³/mol. The second kappa shape index (κ2) is 6.47. The van der Waals surface area contributed by atoms with Gasteiger partial charge in [-0.3, -0.25) is 4.79 Å². The van der Waals surface area contributed by atoms with E-state index in [1.54, 1.807) is 36.1 Å². The van der Waals surface area contributed by atoms with Crippen LogP contribution in [-0.2, 0) is 4.79 Å². The number of aromatic nitrogens is 1. The summed E-state index contributed by atoms with van der Waals surface area (Å²) in [6, 6.07) is 6.96. The van der Waals surface area contributed by atoms with Gasteiger partial charge in [0, 0.05) is 24.6 Å². The zero-order chi connectivity index (χ0) is 17.3. The number of aryl methyl sites for hydroxylation is 1. The fraction of sp³-hybridized carbons (Fsp3) is 0.389. The van der Waals surface area contributed by atoms with Crippen molar-refractivity contribution in [3.63, 3.8) is 0 Å². The molecule has 3 rings (SSSR count). The molecule has 0 aliphatic carbocycles. The van der Waals surface area contributed by atoms with Gasteiger partial charge in [0.05, 0.1) is 5.69 Å². The van der Waals surface area contributed by atoms with E-state index in [0.717, 1.165) is 18.7 Å². The molecule has 6 nitrogen and oxygen atoms in total. The quantitative estimate of drug-likeness (QED) is 0.635. The van der Waals surface area contributed by atoms with Gasteiger partial charge in [0.2, 0.25) is 5.91 Å². The summed E-state index contributed by atoms with van der Waals surface area (Å²) in [5.41, 5.74) is 1.72. The minimum Gasteiger partial charge on any atom is -0.423 e. The number of rotatable bonds is 4. The van der Waals surface area contributed by atoms with Gasteiger partial charge in [-0.2, -0.15) is 0 Å². The van der Waals surface area contributed by atoms with Gasteiger partial charge in [-0.1, -0.05) is 19.0 Å². The molecule has 0 saturated carbocycles. The molecule has 6 heteroatoms. The third-order valence-electron chi connectivity index (χ3n) is 4.05. The average molecular weight is 328 g/mol. The summed E-state index contributed by atoms with van der Waals surface area (Å²) in [6.07, 6.45) is 1.46. The van der Waals surface area contributed by atoms with Crippen molar-refractivity contribution < 1.29 is 18.8 Å². The van der Waals surface area contributed by atoms with Crippen LogP contribution in [0.25, 0.3) is 0 Å². The van der Waals surface area contributed by atoms with Crippen LogP contribution in [0.4, 0.5) is 5.69 Å². The zero-order valence-electron chi connectivity index (χ0n) is 14.0. The van der Waals surface area contributed by atoms with E-state index in [1.807, 2.05) is 13.8 Å². The van der Waals surface area contributed by atoms with Crippen LogP contribution in [0, 0.1) is 6.92 Å². The first-order valence-electron chi connectivity index (χ1n) is 8.06. The van der Waals surface area contributed by atoms with Crippen LogP contribution >= 0.6 is 0 Å². The Hall–Kier alpha value is -2.63. The number of carbonyl (C=O) groups is 2. The number of carbonyl (C=O) groups excluding carboxylic acids is 2. The van der Waals surface area contributed by atoms with Crippen molar-refractivity contribution in [3.8, 4) is 5.75 Å². The number of anilines is 1. The first kappa shape index (κ1) is 16.2. The van der Waals surface area contributed by atoms with Crippen LogP contribution < -0.4 is 9.64 Å². The molecule has 1 aromatic carbocycles. The summed E-state index contributed by atoms with van der Waals surface area (Å²) in [6.45, 7) is 6.31. The molecule has 0 bridgehead atoms. The smallest absolute Gasteiger partial charge is 0.349 e.